The lowest BCUT2D eigenvalue weighted by Gasteiger charge is -2.19. The highest BCUT2D eigenvalue weighted by Gasteiger charge is 2.24. The van der Waals surface area contributed by atoms with E-state index in [9.17, 15) is 8.42 Å². The molecule has 1 heterocycles. The molecule has 0 atom stereocenters. The van der Waals surface area contributed by atoms with E-state index < -0.39 is 10.0 Å². The van der Waals surface area contributed by atoms with Gasteiger partial charge in [-0.1, -0.05) is 13.8 Å². The maximum Gasteiger partial charge on any atom is 0.252 e. The van der Waals surface area contributed by atoms with Crippen LogP contribution in [0.25, 0.3) is 0 Å². The van der Waals surface area contributed by atoms with Gasteiger partial charge in [0.05, 0.1) is 0 Å². The molecule has 0 spiro atoms. The third-order valence-electron chi connectivity index (χ3n) is 2.54. The molecule has 1 rings (SSSR count). The Morgan fingerprint density at radius 2 is 1.83 bits per heavy atom. The molecule has 0 aliphatic rings. The van der Waals surface area contributed by atoms with Crippen molar-refractivity contribution < 1.29 is 13.5 Å². The summed E-state index contributed by atoms with van der Waals surface area (Å²) in [5.41, 5.74) is 0. The molecular weight excluding hydrogens is 270 g/mol. The van der Waals surface area contributed by atoms with E-state index in [4.69, 9.17) is 5.11 Å². The van der Waals surface area contributed by atoms with Crippen molar-refractivity contribution in [3.8, 4) is 0 Å². The minimum Gasteiger partial charge on any atom is -0.396 e. The first kappa shape index (κ1) is 15.6. The molecule has 1 N–H and O–H groups in total. The van der Waals surface area contributed by atoms with E-state index >= 15 is 0 Å². The molecule has 18 heavy (non-hydrogen) atoms. The number of rotatable bonds is 8. The zero-order valence-corrected chi connectivity index (χ0v) is 12.6. The van der Waals surface area contributed by atoms with E-state index in [1.54, 1.807) is 16.4 Å². The normalized spacial score (nSPS) is 12.2. The lowest BCUT2D eigenvalue weighted by atomic mass is 10.4. The van der Waals surface area contributed by atoms with Gasteiger partial charge in [0.1, 0.15) is 4.21 Å². The number of sulfonamides is 1. The molecule has 0 aliphatic carbocycles. The first-order valence-corrected chi connectivity index (χ1v) is 8.51. The number of hydrogen-bond acceptors (Lipinski definition) is 4. The average Bonchev–Trinajstić information content (AvgIpc) is 2.78. The van der Waals surface area contributed by atoms with Gasteiger partial charge in [0.2, 0.25) is 0 Å². The second-order valence-corrected chi connectivity index (χ2v) is 7.43. The highest BCUT2D eigenvalue weighted by Crippen LogP contribution is 2.25. The van der Waals surface area contributed by atoms with E-state index in [1.807, 2.05) is 13.8 Å². The van der Waals surface area contributed by atoms with E-state index in [0.29, 0.717) is 23.7 Å². The molecule has 104 valence electrons. The van der Waals surface area contributed by atoms with Gasteiger partial charge in [-0.05, 0) is 25.0 Å². The Morgan fingerprint density at radius 1 is 1.22 bits per heavy atom. The van der Waals surface area contributed by atoms with Crippen LogP contribution in [0.1, 0.15) is 31.6 Å². The average molecular weight is 291 g/mol. The summed E-state index contributed by atoms with van der Waals surface area (Å²) in [5, 5.41) is 8.86. The summed E-state index contributed by atoms with van der Waals surface area (Å²) in [5.74, 6) is 0. The van der Waals surface area contributed by atoms with Crippen molar-refractivity contribution in [2.75, 3.05) is 19.7 Å². The van der Waals surface area contributed by atoms with E-state index in [1.165, 1.54) is 11.3 Å². The third-order valence-corrected chi connectivity index (χ3v) is 6.05. The number of aliphatic hydroxyl groups excluding tert-OH is 1. The van der Waals surface area contributed by atoms with Gasteiger partial charge in [0.25, 0.3) is 10.0 Å². The Bertz CT molecular complexity index is 448. The predicted molar refractivity (Wildman–Crippen MR) is 74.4 cm³/mol. The summed E-state index contributed by atoms with van der Waals surface area (Å²) in [6.45, 7) is 5.12. The van der Waals surface area contributed by atoms with Gasteiger partial charge in [0.15, 0.2) is 0 Å². The first-order valence-electron chi connectivity index (χ1n) is 6.26. The topological polar surface area (TPSA) is 57.6 Å². The van der Waals surface area contributed by atoms with Crippen molar-refractivity contribution >= 4 is 21.4 Å². The minimum atomic E-state index is -3.35. The highest BCUT2D eigenvalue weighted by molar-refractivity contribution is 7.91. The van der Waals surface area contributed by atoms with Crippen molar-refractivity contribution in [2.45, 2.75) is 37.3 Å². The predicted octanol–water partition coefficient (Wildman–Crippen LogP) is 2.09. The van der Waals surface area contributed by atoms with Crippen LogP contribution in [0.3, 0.4) is 0 Å². The molecule has 0 radical (unpaired) electrons. The Balaban J connectivity index is 2.94. The molecule has 0 saturated carbocycles. The van der Waals surface area contributed by atoms with Crippen LogP contribution in [-0.2, 0) is 16.4 Å². The Labute approximate surface area is 113 Å². The zero-order valence-electron chi connectivity index (χ0n) is 10.9. The van der Waals surface area contributed by atoms with Crippen LogP contribution in [0.5, 0.6) is 0 Å². The monoisotopic (exact) mass is 291 g/mol. The van der Waals surface area contributed by atoms with Gasteiger partial charge in [-0.3, -0.25) is 0 Å². The van der Waals surface area contributed by atoms with Gasteiger partial charge in [-0.2, -0.15) is 4.31 Å². The van der Waals surface area contributed by atoms with Crippen LogP contribution in [0.2, 0.25) is 0 Å². The van der Waals surface area contributed by atoms with Crippen molar-refractivity contribution in [1.82, 2.24) is 4.31 Å². The zero-order chi connectivity index (χ0) is 13.6. The molecule has 0 aliphatic heterocycles. The van der Waals surface area contributed by atoms with Crippen LogP contribution in [-0.4, -0.2) is 37.5 Å². The fourth-order valence-electron chi connectivity index (χ4n) is 1.72. The summed E-state index contributed by atoms with van der Waals surface area (Å²) in [7, 11) is -3.35. The molecular formula is C12H21NO3S2. The second-order valence-electron chi connectivity index (χ2n) is 4.10. The summed E-state index contributed by atoms with van der Waals surface area (Å²) in [6, 6.07) is 3.42. The minimum absolute atomic E-state index is 0.0492. The van der Waals surface area contributed by atoms with Gasteiger partial charge < -0.3 is 5.11 Å². The largest absolute Gasteiger partial charge is 0.396 e. The molecule has 0 amide bonds. The van der Waals surface area contributed by atoms with E-state index in [-0.39, 0.29) is 6.61 Å². The van der Waals surface area contributed by atoms with Crippen molar-refractivity contribution in [3.63, 3.8) is 0 Å². The first-order chi connectivity index (χ1) is 8.56. The lowest BCUT2D eigenvalue weighted by molar-refractivity contribution is 0.300. The second kappa shape index (κ2) is 7.23. The van der Waals surface area contributed by atoms with Gasteiger partial charge in [0, 0.05) is 31.0 Å². The van der Waals surface area contributed by atoms with Crippen LogP contribution in [0.15, 0.2) is 16.3 Å². The summed E-state index contributed by atoms with van der Waals surface area (Å²) >= 11 is 1.25. The quantitative estimate of drug-likeness (QED) is 0.798. The van der Waals surface area contributed by atoms with Crippen molar-refractivity contribution in [1.29, 1.82) is 0 Å². The summed E-state index contributed by atoms with van der Waals surface area (Å²) in [4.78, 5) is 0.907. The molecule has 0 unspecified atom stereocenters. The van der Waals surface area contributed by atoms with Gasteiger partial charge in [-0.15, -0.1) is 11.3 Å². The Hall–Kier alpha value is -0.430. The van der Waals surface area contributed by atoms with Crippen LogP contribution < -0.4 is 0 Å². The third kappa shape index (κ3) is 3.78. The molecule has 1 aromatic rings. The van der Waals surface area contributed by atoms with E-state index in [2.05, 4.69) is 0 Å². The number of aliphatic hydroxyl groups is 1. The van der Waals surface area contributed by atoms with Crippen molar-refractivity contribution in [2.24, 2.45) is 0 Å². The molecule has 6 heteroatoms. The van der Waals surface area contributed by atoms with Gasteiger partial charge in [-0.25, -0.2) is 8.42 Å². The molecule has 0 bridgehead atoms. The van der Waals surface area contributed by atoms with Crippen LogP contribution >= 0.6 is 11.3 Å². The molecule has 4 nitrogen and oxygen atoms in total. The lowest BCUT2D eigenvalue weighted by Crippen LogP contribution is -2.32. The molecule has 0 aromatic carbocycles. The van der Waals surface area contributed by atoms with Gasteiger partial charge >= 0.3 is 0 Å². The summed E-state index contributed by atoms with van der Waals surface area (Å²) in [6.07, 6.45) is 2.14. The van der Waals surface area contributed by atoms with Crippen LogP contribution in [0, 0.1) is 0 Å². The maximum atomic E-state index is 12.4. The fraction of sp³-hybridized carbons (Fsp3) is 0.667. The summed E-state index contributed by atoms with van der Waals surface area (Å²) < 4.78 is 26.7. The SMILES string of the molecule is CCCN(CCC)S(=O)(=O)c1ccc(CCO)s1. The molecule has 1 aromatic heterocycles. The van der Waals surface area contributed by atoms with Crippen molar-refractivity contribution in [3.05, 3.63) is 17.0 Å². The fourth-order valence-corrected chi connectivity index (χ4v) is 4.84. The maximum absolute atomic E-state index is 12.4. The standard InChI is InChI=1S/C12H21NO3S2/c1-3-8-13(9-4-2)18(15,16)12-6-5-11(17-12)7-10-14/h5-6,14H,3-4,7-10H2,1-2H3. The molecule has 0 fully saturated rings. The number of hydrogen-bond donors (Lipinski definition) is 1. The number of thiophene rings is 1. The Kier molecular flexibility index (Phi) is 6.28. The molecule has 0 saturated heterocycles. The van der Waals surface area contributed by atoms with E-state index in [0.717, 1.165) is 17.7 Å². The highest BCUT2D eigenvalue weighted by atomic mass is 32.2. The smallest absolute Gasteiger partial charge is 0.252 e. The number of nitrogens with zero attached hydrogens (tertiary/aromatic N) is 1. The Morgan fingerprint density at radius 3 is 2.33 bits per heavy atom. The van der Waals surface area contributed by atoms with Crippen LogP contribution in [0.4, 0.5) is 0 Å².